The second-order valence-electron chi connectivity index (χ2n) is 4.24. The number of carbonyl (C=O) groups excluding carboxylic acids is 1. The molecule has 0 saturated heterocycles. The number of ketones is 1. The van der Waals surface area contributed by atoms with Gasteiger partial charge in [0.2, 0.25) is 5.82 Å². The third-order valence-electron chi connectivity index (χ3n) is 2.80. The number of hydrogen-bond acceptors (Lipinski definition) is 3. The number of nitro benzene ring substituents is 1. The molecule has 0 unspecified atom stereocenters. The minimum atomic E-state index is -1.47. The van der Waals surface area contributed by atoms with Crippen LogP contribution < -0.4 is 0 Å². The first kappa shape index (κ1) is 15.1. The maximum absolute atomic E-state index is 13.9. The molecule has 2 aromatic carbocycles. The summed E-state index contributed by atoms with van der Waals surface area (Å²) in [5.41, 5.74) is -1.40. The second-order valence-corrected chi connectivity index (χ2v) is 4.68. The fraction of sp³-hybridized carbons (Fsp3) is 0.0714. The molecule has 0 bridgehead atoms. The summed E-state index contributed by atoms with van der Waals surface area (Å²) in [6.45, 7) is 0. The van der Waals surface area contributed by atoms with Crippen LogP contribution in [-0.4, -0.2) is 10.7 Å². The van der Waals surface area contributed by atoms with E-state index in [1.165, 1.54) is 6.07 Å². The van der Waals surface area contributed by atoms with Crippen LogP contribution in [0.4, 0.5) is 14.5 Å². The first-order valence-electron chi connectivity index (χ1n) is 5.80. The summed E-state index contributed by atoms with van der Waals surface area (Å²) in [6, 6.07) is 7.60. The summed E-state index contributed by atoms with van der Waals surface area (Å²) in [7, 11) is 0. The summed E-state index contributed by atoms with van der Waals surface area (Å²) in [5, 5.41) is 11.0. The molecule has 108 valence electrons. The molecule has 0 aliphatic heterocycles. The Hall–Kier alpha value is -2.34. The van der Waals surface area contributed by atoms with Gasteiger partial charge in [-0.25, -0.2) is 4.39 Å². The van der Waals surface area contributed by atoms with Crippen LogP contribution in [-0.2, 0) is 6.42 Å². The first-order chi connectivity index (χ1) is 9.90. The highest BCUT2D eigenvalue weighted by molar-refractivity contribution is 6.30. The Kier molecular flexibility index (Phi) is 4.28. The van der Waals surface area contributed by atoms with Gasteiger partial charge in [-0.3, -0.25) is 14.9 Å². The van der Waals surface area contributed by atoms with Crippen LogP contribution in [0, 0.1) is 21.7 Å². The largest absolute Gasteiger partial charge is 0.305 e. The highest BCUT2D eigenvalue weighted by atomic mass is 35.5. The van der Waals surface area contributed by atoms with Crippen LogP contribution in [0.15, 0.2) is 36.4 Å². The third kappa shape index (κ3) is 3.22. The van der Waals surface area contributed by atoms with Crippen molar-refractivity contribution in [3.05, 3.63) is 74.3 Å². The summed E-state index contributed by atoms with van der Waals surface area (Å²) in [4.78, 5) is 21.6. The highest BCUT2D eigenvalue weighted by Crippen LogP contribution is 2.24. The van der Waals surface area contributed by atoms with Gasteiger partial charge in [0.05, 0.1) is 10.5 Å². The maximum atomic E-state index is 13.9. The number of hydrogen-bond donors (Lipinski definition) is 0. The van der Waals surface area contributed by atoms with Crippen LogP contribution >= 0.6 is 11.6 Å². The minimum Gasteiger partial charge on any atom is -0.294 e. The quantitative estimate of drug-likeness (QED) is 0.488. The van der Waals surface area contributed by atoms with Crippen molar-refractivity contribution in [1.82, 2.24) is 0 Å². The molecule has 0 saturated carbocycles. The summed E-state index contributed by atoms with van der Waals surface area (Å²) >= 11 is 5.75. The fourth-order valence-corrected chi connectivity index (χ4v) is 2.07. The molecule has 4 nitrogen and oxygen atoms in total. The average molecular weight is 312 g/mol. The zero-order valence-corrected chi connectivity index (χ0v) is 11.2. The number of carbonyl (C=O) groups is 1. The SMILES string of the molecule is O=C(Cc1cccc(Cl)c1)c1c(F)ccc([N+](=O)[O-])c1F. The van der Waals surface area contributed by atoms with Crippen molar-refractivity contribution in [1.29, 1.82) is 0 Å². The van der Waals surface area contributed by atoms with Gasteiger partial charge in [0.25, 0.3) is 0 Å². The van der Waals surface area contributed by atoms with Gasteiger partial charge < -0.3 is 0 Å². The lowest BCUT2D eigenvalue weighted by Gasteiger charge is -2.05. The molecule has 0 atom stereocenters. The molecular weight excluding hydrogens is 304 g/mol. The zero-order valence-electron chi connectivity index (χ0n) is 10.5. The predicted octanol–water partition coefficient (Wildman–Crippen LogP) is 3.95. The van der Waals surface area contributed by atoms with Crippen molar-refractivity contribution in [2.45, 2.75) is 6.42 Å². The molecule has 0 aromatic heterocycles. The van der Waals surface area contributed by atoms with Gasteiger partial charge >= 0.3 is 5.69 Å². The normalized spacial score (nSPS) is 10.4. The Balaban J connectivity index is 2.39. The molecule has 2 aromatic rings. The molecule has 0 aliphatic carbocycles. The lowest BCUT2D eigenvalue weighted by Crippen LogP contribution is -2.11. The Bertz CT molecular complexity index is 734. The Morgan fingerprint density at radius 2 is 1.95 bits per heavy atom. The fourth-order valence-electron chi connectivity index (χ4n) is 1.86. The van der Waals surface area contributed by atoms with Crippen molar-refractivity contribution in [2.75, 3.05) is 0 Å². The van der Waals surface area contributed by atoms with Gasteiger partial charge in [-0.1, -0.05) is 23.7 Å². The number of halogens is 3. The molecule has 0 fully saturated rings. The van der Waals surface area contributed by atoms with Crippen molar-refractivity contribution in [3.63, 3.8) is 0 Å². The minimum absolute atomic E-state index is 0.310. The van der Waals surface area contributed by atoms with Gasteiger partial charge in [0, 0.05) is 17.5 Å². The van der Waals surface area contributed by atoms with E-state index in [2.05, 4.69) is 0 Å². The van der Waals surface area contributed by atoms with E-state index in [0.717, 1.165) is 0 Å². The monoisotopic (exact) mass is 311 g/mol. The first-order valence-corrected chi connectivity index (χ1v) is 6.18. The average Bonchev–Trinajstić information content (AvgIpc) is 2.38. The Labute approximate surface area is 123 Å². The van der Waals surface area contributed by atoms with E-state index in [9.17, 15) is 23.7 Å². The number of nitro groups is 1. The van der Waals surface area contributed by atoms with Crippen LogP contribution in [0.1, 0.15) is 15.9 Å². The van der Waals surface area contributed by atoms with Crippen LogP contribution in [0.25, 0.3) is 0 Å². The lowest BCUT2D eigenvalue weighted by atomic mass is 10.0. The zero-order chi connectivity index (χ0) is 15.6. The number of nitrogens with zero attached hydrogens (tertiary/aromatic N) is 1. The van der Waals surface area contributed by atoms with Gasteiger partial charge in [0.15, 0.2) is 5.78 Å². The molecule has 0 heterocycles. The molecule has 0 N–H and O–H groups in total. The predicted molar refractivity (Wildman–Crippen MR) is 72.5 cm³/mol. The molecule has 0 radical (unpaired) electrons. The molecule has 7 heteroatoms. The van der Waals surface area contributed by atoms with Gasteiger partial charge in [0.1, 0.15) is 5.82 Å². The number of benzene rings is 2. The molecule has 0 aliphatic rings. The van der Waals surface area contributed by atoms with E-state index < -0.39 is 33.6 Å². The molecule has 21 heavy (non-hydrogen) atoms. The topological polar surface area (TPSA) is 60.2 Å². The van der Waals surface area contributed by atoms with Crippen molar-refractivity contribution in [3.8, 4) is 0 Å². The van der Waals surface area contributed by atoms with Crippen LogP contribution in [0.5, 0.6) is 0 Å². The maximum Gasteiger partial charge on any atom is 0.305 e. The van der Waals surface area contributed by atoms with E-state index in [0.29, 0.717) is 22.7 Å². The van der Waals surface area contributed by atoms with Gasteiger partial charge in [-0.05, 0) is 23.8 Å². The lowest BCUT2D eigenvalue weighted by molar-refractivity contribution is -0.387. The van der Waals surface area contributed by atoms with Gasteiger partial charge in [-0.2, -0.15) is 4.39 Å². The van der Waals surface area contributed by atoms with E-state index in [-0.39, 0.29) is 6.42 Å². The molecule has 0 spiro atoms. The molecule has 0 amide bonds. The van der Waals surface area contributed by atoms with Crippen LogP contribution in [0.2, 0.25) is 5.02 Å². The summed E-state index contributed by atoms with van der Waals surface area (Å²) in [5.74, 6) is -3.49. The van der Waals surface area contributed by atoms with Crippen molar-refractivity contribution in [2.24, 2.45) is 0 Å². The van der Waals surface area contributed by atoms with Crippen molar-refractivity contribution >= 4 is 23.1 Å². The standard InChI is InChI=1S/C14H8ClF2NO3/c15-9-3-1-2-8(6-9)7-12(19)13-10(16)4-5-11(14(13)17)18(20)21/h1-6H,7H2. The Morgan fingerprint density at radius 3 is 2.57 bits per heavy atom. The van der Waals surface area contributed by atoms with E-state index in [1.807, 2.05) is 0 Å². The second kappa shape index (κ2) is 5.97. The van der Waals surface area contributed by atoms with E-state index >= 15 is 0 Å². The summed E-state index contributed by atoms with van der Waals surface area (Å²) < 4.78 is 27.5. The van der Waals surface area contributed by atoms with E-state index in [1.54, 1.807) is 18.2 Å². The number of rotatable bonds is 4. The third-order valence-corrected chi connectivity index (χ3v) is 3.04. The Morgan fingerprint density at radius 1 is 1.24 bits per heavy atom. The van der Waals surface area contributed by atoms with E-state index in [4.69, 9.17) is 11.6 Å². The number of Topliss-reactive ketones (excluding diaryl/α,β-unsaturated/α-hetero) is 1. The van der Waals surface area contributed by atoms with Crippen LogP contribution in [0.3, 0.4) is 0 Å². The molecule has 2 rings (SSSR count). The van der Waals surface area contributed by atoms with Crippen molar-refractivity contribution < 1.29 is 18.5 Å². The summed E-state index contributed by atoms with van der Waals surface area (Å²) in [6.07, 6.45) is -0.310. The highest BCUT2D eigenvalue weighted by Gasteiger charge is 2.26. The molecular formula is C14H8ClF2NO3. The van der Waals surface area contributed by atoms with Gasteiger partial charge in [-0.15, -0.1) is 0 Å². The smallest absolute Gasteiger partial charge is 0.294 e.